The average Bonchev–Trinajstić information content (AvgIpc) is 2.64. The molecule has 6 heteroatoms. The van der Waals surface area contributed by atoms with Gasteiger partial charge in [-0.15, -0.1) is 11.6 Å². The van der Waals surface area contributed by atoms with Gasteiger partial charge in [0.1, 0.15) is 19.3 Å². The van der Waals surface area contributed by atoms with E-state index in [2.05, 4.69) is 5.32 Å². The molecule has 5 nitrogen and oxygen atoms in total. The summed E-state index contributed by atoms with van der Waals surface area (Å²) in [5.41, 5.74) is 1.70. The second-order valence-corrected chi connectivity index (χ2v) is 5.31. The van der Waals surface area contributed by atoms with Crippen molar-refractivity contribution in [3.8, 4) is 0 Å². The zero-order valence-corrected chi connectivity index (χ0v) is 13.7. The zero-order valence-electron chi connectivity index (χ0n) is 13.0. The van der Waals surface area contributed by atoms with Gasteiger partial charge in [-0.05, 0) is 11.1 Å². The van der Waals surface area contributed by atoms with E-state index >= 15 is 0 Å². The maximum atomic E-state index is 12.0. The molecular weight excluding hydrogens is 330 g/mol. The summed E-state index contributed by atoms with van der Waals surface area (Å²) in [6, 6.07) is 17.5. The van der Waals surface area contributed by atoms with Crippen LogP contribution in [0.25, 0.3) is 0 Å². The van der Waals surface area contributed by atoms with E-state index in [4.69, 9.17) is 21.1 Å². The third kappa shape index (κ3) is 5.93. The molecule has 2 rings (SSSR count). The van der Waals surface area contributed by atoms with Gasteiger partial charge in [-0.3, -0.25) is 0 Å². The number of alkyl halides is 1. The van der Waals surface area contributed by atoms with Gasteiger partial charge < -0.3 is 14.8 Å². The normalized spacial score (nSPS) is 11.4. The van der Waals surface area contributed by atoms with Crippen LogP contribution in [0, 0.1) is 0 Å². The Balaban J connectivity index is 1.77. The number of ether oxygens (including phenoxy) is 2. The molecule has 0 aromatic heterocycles. The second-order valence-electron chi connectivity index (χ2n) is 5.01. The topological polar surface area (TPSA) is 64.6 Å². The summed E-state index contributed by atoms with van der Waals surface area (Å²) in [7, 11) is 0. The molecule has 0 aliphatic rings. The summed E-state index contributed by atoms with van der Waals surface area (Å²) in [4.78, 5) is 23.7. The highest BCUT2D eigenvalue weighted by Gasteiger charge is 2.22. The van der Waals surface area contributed by atoms with Gasteiger partial charge in [0.05, 0.1) is 5.88 Å². The van der Waals surface area contributed by atoms with E-state index in [0.29, 0.717) is 0 Å². The SMILES string of the molecule is O=C(N[C@H](CCl)C(=O)OCc1ccccc1)OCc1ccccc1. The van der Waals surface area contributed by atoms with E-state index in [-0.39, 0.29) is 19.1 Å². The van der Waals surface area contributed by atoms with Crippen molar-refractivity contribution in [2.75, 3.05) is 5.88 Å². The van der Waals surface area contributed by atoms with Gasteiger partial charge >= 0.3 is 12.1 Å². The van der Waals surface area contributed by atoms with Gasteiger partial charge in [0.2, 0.25) is 0 Å². The minimum atomic E-state index is -0.960. The molecule has 1 N–H and O–H groups in total. The van der Waals surface area contributed by atoms with E-state index in [1.165, 1.54) is 0 Å². The molecule has 0 aliphatic heterocycles. The Kier molecular flexibility index (Phi) is 7.11. The number of hydrogen-bond acceptors (Lipinski definition) is 4. The molecule has 0 heterocycles. The number of rotatable bonds is 7. The van der Waals surface area contributed by atoms with Crippen LogP contribution in [0.2, 0.25) is 0 Å². The molecule has 0 aliphatic carbocycles. The van der Waals surface area contributed by atoms with Gasteiger partial charge in [0, 0.05) is 0 Å². The van der Waals surface area contributed by atoms with E-state index in [9.17, 15) is 9.59 Å². The first-order valence-corrected chi connectivity index (χ1v) is 7.96. The highest BCUT2D eigenvalue weighted by Crippen LogP contribution is 2.04. The highest BCUT2D eigenvalue weighted by molar-refractivity contribution is 6.19. The molecular formula is C18H18ClNO4. The summed E-state index contributed by atoms with van der Waals surface area (Å²) in [6.45, 7) is 0.231. The lowest BCUT2D eigenvalue weighted by Gasteiger charge is -2.15. The van der Waals surface area contributed by atoms with Crippen LogP contribution in [0.15, 0.2) is 60.7 Å². The molecule has 2 aromatic carbocycles. The average molecular weight is 348 g/mol. The van der Waals surface area contributed by atoms with Crippen molar-refractivity contribution in [3.05, 3.63) is 71.8 Å². The number of carbonyl (C=O) groups excluding carboxylic acids is 2. The standard InChI is InChI=1S/C18H18ClNO4/c19-11-16(17(21)23-12-14-7-3-1-4-8-14)20-18(22)24-13-15-9-5-2-6-10-15/h1-10,16H,11-13H2,(H,20,22)/t16-/m1/s1. The first-order valence-electron chi connectivity index (χ1n) is 7.43. The number of carbonyl (C=O) groups is 2. The fraction of sp³-hybridized carbons (Fsp3) is 0.222. The maximum absolute atomic E-state index is 12.0. The van der Waals surface area contributed by atoms with E-state index < -0.39 is 18.1 Å². The number of nitrogens with one attached hydrogen (secondary N) is 1. The first kappa shape index (κ1) is 17.8. The van der Waals surface area contributed by atoms with E-state index in [0.717, 1.165) is 11.1 Å². The molecule has 0 unspecified atom stereocenters. The predicted octanol–water partition coefficient (Wildman–Crippen LogP) is 3.26. The summed E-state index contributed by atoms with van der Waals surface area (Å²) in [5, 5.41) is 2.41. The van der Waals surface area contributed by atoms with Crippen molar-refractivity contribution in [1.82, 2.24) is 5.32 Å². The Bertz CT molecular complexity index is 649. The number of benzene rings is 2. The monoisotopic (exact) mass is 347 g/mol. The molecule has 126 valence electrons. The summed E-state index contributed by atoms with van der Waals surface area (Å²) in [6.07, 6.45) is -0.721. The number of alkyl carbamates (subject to hydrolysis) is 1. The van der Waals surface area contributed by atoms with Crippen molar-refractivity contribution in [1.29, 1.82) is 0 Å². The lowest BCUT2D eigenvalue weighted by molar-refractivity contribution is -0.146. The van der Waals surface area contributed by atoms with Gasteiger partial charge in [0.25, 0.3) is 0 Å². The van der Waals surface area contributed by atoms with Crippen LogP contribution in [0.5, 0.6) is 0 Å². The molecule has 0 radical (unpaired) electrons. The number of esters is 1. The Morgan fingerprint density at radius 1 is 0.875 bits per heavy atom. The van der Waals surface area contributed by atoms with Crippen LogP contribution in [0.1, 0.15) is 11.1 Å². The highest BCUT2D eigenvalue weighted by atomic mass is 35.5. The Morgan fingerprint density at radius 3 is 1.88 bits per heavy atom. The number of amides is 1. The van der Waals surface area contributed by atoms with Crippen LogP contribution in [-0.2, 0) is 27.5 Å². The first-order chi connectivity index (χ1) is 11.7. The Hall–Kier alpha value is -2.53. The number of halogens is 1. The van der Waals surface area contributed by atoms with E-state index in [1.807, 2.05) is 60.7 Å². The van der Waals surface area contributed by atoms with Crippen LogP contribution >= 0.6 is 11.6 Å². The van der Waals surface area contributed by atoms with Crippen LogP contribution in [0.3, 0.4) is 0 Å². The molecule has 2 aromatic rings. The number of hydrogen-bond donors (Lipinski definition) is 1. The van der Waals surface area contributed by atoms with E-state index in [1.54, 1.807) is 0 Å². The van der Waals surface area contributed by atoms with Crippen molar-refractivity contribution in [2.45, 2.75) is 19.3 Å². The minimum Gasteiger partial charge on any atom is -0.459 e. The lowest BCUT2D eigenvalue weighted by Crippen LogP contribution is -2.43. The van der Waals surface area contributed by atoms with Crippen LogP contribution in [-0.4, -0.2) is 24.0 Å². The Labute approximate surface area is 145 Å². The molecule has 1 atom stereocenters. The van der Waals surface area contributed by atoms with Gasteiger partial charge in [-0.25, -0.2) is 9.59 Å². The zero-order chi connectivity index (χ0) is 17.2. The fourth-order valence-corrected chi connectivity index (χ4v) is 2.10. The molecule has 24 heavy (non-hydrogen) atoms. The molecule has 0 saturated carbocycles. The largest absolute Gasteiger partial charge is 0.459 e. The van der Waals surface area contributed by atoms with Crippen molar-refractivity contribution in [3.63, 3.8) is 0 Å². The minimum absolute atomic E-state index is 0.103. The summed E-state index contributed by atoms with van der Waals surface area (Å²) in [5.74, 6) is -0.709. The summed E-state index contributed by atoms with van der Waals surface area (Å²) >= 11 is 5.73. The molecule has 0 saturated heterocycles. The van der Waals surface area contributed by atoms with Crippen molar-refractivity contribution >= 4 is 23.7 Å². The third-order valence-corrected chi connectivity index (χ3v) is 3.48. The predicted molar refractivity (Wildman–Crippen MR) is 90.5 cm³/mol. The maximum Gasteiger partial charge on any atom is 0.408 e. The quantitative estimate of drug-likeness (QED) is 0.616. The van der Waals surface area contributed by atoms with Crippen molar-refractivity contribution < 1.29 is 19.1 Å². The molecule has 0 spiro atoms. The second kappa shape index (κ2) is 9.57. The fourth-order valence-electron chi connectivity index (χ4n) is 1.90. The van der Waals surface area contributed by atoms with Crippen molar-refractivity contribution in [2.24, 2.45) is 0 Å². The Morgan fingerprint density at radius 2 is 1.38 bits per heavy atom. The lowest BCUT2D eigenvalue weighted by atomic mass is 10.2. The molecule has 0 bridgehead atoms. The van der Waals surface area contributed by atoms with Gasteiger partial charge in [-0.1, -0.05) is 60.7 Å². The molecule has 0 fully saturated rings. The third-order valence-electron chi connectivity index (χ3n) is 3.17. The van der Waals surface area contributed by atoms with Gasteiger partial charge in [-0.2, -0.15) is 0 Å². The summed E-state index contributed by atoms with van der Waals surface area (Å²) < 4.78 is 10.2. The van der Waals surface area contributed by atoms with Crippen LogP contribution < -0.4 is 5.32 Å². The smallest absolute Gasteiger partial charge is 0.408 e. The molecule has 1 amide bonds. The van der Waals surface area contributed by atoms with Crippen LogP contribution in [0.4, 0.5) is 4.79 Å². The van der Waals surface area contributed by atoms with Gasteiger partial charge in [0.15, 0.2) is 0 Å².